The Bertz CT molecular complexity index is 642. The fraction of sp³-hybridized carbons (Fsp3) is 0.400. The molecule has 0 unspecified atom stereocenters. The lowest BCUT2D eigenvalue weighted by atomic mass is 9.76. The minimum Gasteiger partial charge on any atom is -0.380 e. The van der Waals surface area contributed by atoms with Gasteiger partial charge in [-0.25, -0.2) is 4.39 Å². The number of ether oxygens (including phenoxy) is 1. The fourth-order valence-electron chi connectivity index (χ4n) is 2.78. The predicted octanol–water partition coefficient (Wildman–Crippen LogP) is 3.83. The Labute approximate surface area is 127 Å². The minimum atomic E-state index is -0.446. The molecule has 1 heterocycles. The molecule has 1 aromatic heterocycles. The van der Waals surface area contributed by atoms with E-state index in [0.717, 1.165) is 19.3 Å². The van der Waals surface area contributed by atoms with Gasteiger partial charge in [-0.05, 0) is 31.4 Å². The molecule has 4 nitrogen and oxygen atoms in total. The molecule has 0 bridgehead atoms. The quantitative estimate of drug-likeness (QED) is 0.932. The lowest BCUT2D eigenvalue weighted by Gasteiger charge is -2.39. The van der Waals surface area contributed by atoms with Crippen molar-refractivity contribution in [1.29, 1.82) is 0 Å². The summed E-state index contributed by atoms with van der Waals surface area (Å²) in [6, 6.07) is 4.51. The van der Waals surface area contributed by atoms with Crippen LogP contribution >= 0.6 is 11.6 Å². The maximum Gasteiger partial charge on any atom is 0.175 e. The number of benzene rings is 1. The summed E-state index contributed by atoms with van der Waals surface area (Å²) in [5.41, 5.74) is 6.26. The Hall–Kier alpha value is -1.59. The summed E-state index contributed by atoms with van der Waals surface area (Å²) in [5, 5.41) is 4.06. The van der Waals surface area contributed by atoms with Crippen LogP contribution in [-0.2, 0) is 11.2 Å². The van der Waals surface area contributed by atoms with E-state index in [0.29, 0.717) is 17.7 Å². The van der Waals surface area contributed by atoms with Gasteiger partial charge in [0.25, 0.3) is 0 Å². The number of hydrogen-bond donors (Lipinski definition) is 1. The lowest BCUT2D eigenvalue weighted by Crippen LogP contribution is -2.41. The van der Waals surface area contributed by atoms with Crippen molar-refractivity contribution < 1.29 is 13.7 Å². The van der Waals surface area contributed by atoms with Gasteiger partial charge < -0.3 is 15.0 Å². The third kappa shape index (κ3) is 2.40. The van der Waals surface area contributed by atoms with Crippen LogP contribution in [0.15, 0.2) is 22.7 Å². The van der Waals surface area contributed by atoms with Crippen LogP contribution in [0.25, 0.3) is 11.1 Å². The summed E-state index contributed by atoms with van der Waals surface area (Å²) in [5.74, 6) is 0.211. The van der Waals surface area contributed by atoms with Gasteiger partial charge in [0.1, 0.15) is 11.6 Å². The van der Waals surface area contributed by atoms with Crippen molar-refractivity contribution in [3.63, 3.8) is 0 Å². The SMILES string of the molecule is COC1(Cc2onc(N)c2-c2c(F)cccc2Cl)CCC1. The zero-order chi connectivity index (χ0) is 15.0. The first-order valence-corrected chi connectivity index (χ1v) is 7.18. The highest BCUT2D eigenvalue weighted by Crippen LogP contribution is 2.43. The summed E-state index contributed by atoms with van der Waals surface area (Å²) in [6.45, 7) is 0. The van der Waals surface area contributed by atoms with Crippen molar-refractivity contribution in [3.8, 4) is 11.1 Å². The molecule has 1 fully saturated rings. The molecule has 2 N–H and O–H groups in total. The largest absolute Gasteiger partial charge is 0.380 e. The average Bonchev–Trinajstić information content (AvgIpc) is 2.76. The van der Waals surface area contributed by atoms with E-state index in [1.807, 2.05) is 0 Å². The van der Waals surface area contributed by atoms with Gasteiger partial charge in [-0.15, -0.1) is 0 Å². The summed E-state index contributed by atoms with van der Waals surface area (Å²) in [7, 11) is 1.68. The van der Waals surface area contributed by atoms with Crippen LogP contribution in [0.4, 0.5) is 10.2 Å². The van der Waals surface area contributed by atoms with Gasteiger partial charge >= 0.3 is 0 Å². The monoisotopic (exact) mass is 310 g/mol. The van der Waals surface area contributed by atoms with Crippen LogP contribution in [-0.4, -0.2) is 17.9 Å². The number of nitrogens with zero attached hydrogens (tertiary/aromatic N) is 1. The normalized spacial score (nSPS) is 16.7. The molecule has 1 aliphatic rings. The first kappa shape index (κ1) is 14.4. The lowest BCUT2D eigenvalue weighted by molar-refractivity contribution is -0.0742. The molecule has 2 aromatic rings. The number of methoxy groups -OCH3 is 1. The van der Waals surface area contributed by atoms with E-state index in [-0.39, 0.29) is 22.0 Å². The van der Waals surface area contributed by atoms with E-state index in [2.05, 4.69) is 5.16 Å². The molecular formula is C15H16ClFN2O2. The van der Waals surface area contributed by atoms with Gasteiger partial charge in [-0.2, -0.15) is 0 Å². The molecule has 3 rings (SSSR count). The number of nitrogen functional groups attached to an aromatic ring is 1. The highest BCUT2D eigenvalue weighted by molar-refractivity contribution is 6.33. The summed E-state index contributed by atoms with van der Waals surface area (Å²) in [6.07, 6.45) is 3.49. The van der Waals surface area contributed by atoms with Crippen molar-refractivity contribution in [1.82, 2.24) is 5.16 Å². The summed E-state index contributed by atoms with van der Waals surface area (Å²) in [4.78, 5) is 0. The molecule has 0 saturated heterocycles. The second-order valence-electron chi connectivity index (χ2n) is 5.38. The van der Waals surface area contributed by atoms with E-state index in [1.165, 1.54) is 6.07 Å². The fourth-order valence-corrected chi connectivity index (χ4v) is 3.04. The molecular weight excluding hydrogens is 295 g/mol. The first-order valence-electron chi connectivity index (χ1n) is 6.80. The predicted molar refractivity (Wildman–Crippen MR) is 78.6 cm³/mol. The number of hydrogen-bond acceptors (Lipinski definition) is 4. The van der Waals surface area contributed by atoms with E-state index in [4.69, 9.17) is 26.6 Å². The van der Waals surface area contributed by atoms with Crippen LogP contribution in [0, 0.1) is 5.82 Å². The topological polar surface area (TPSA) is 61.3 Å². The molecule has 0 spiro atoms. The Morgan fingerprint density at radius 2 is 2.19 bits per heavy atom. The van der Waals surface area contributed by atoms with Crippen molar-refractivity contribution >= 4 is 17.4 Å². The molecule has 0 atom stereocenters. The summed E-state index contributed by atoms with van der Waals surface area (Å²) >= 11 is 6.12. The van der Waals surface area contributed by atoms with Crippen LogP contribution in [0.3, 0.4) is 0 Å². The smallest absolute Gasteiger partial charge is 0.175 e. The van der Waals surface area contributed by atoms with Crippen LogP contribution in [0.2, 0.25) is 5.02 Å². The average molecular weight is 311 g/mol. The molecule has 112 valence electrons. The maximum atomic E-state index is 14.1. The Kier molecular flexibility index (Phi) is 3.63. The standard InChI is InChI=1S/C15H16ClFN2O2/c1-20-15(6-3-7-15)8-11-13(14(18)19-21-11)12-9(16)4-2-5-10(12)17/h2,4-5H,3,6-8H2,1H3,(H2,18,19). The van der Waals surface area contributed by atoms with E-state index < -0.39 is 5.82 Å². The zero-order valence-corrected chi connectivity index (χ0v) is 12.4. The van der Waals surface area contributed by atoms with Gasteiger partial charge in [0.15, 0.2) is 5.82 Å². The number of nitrogens with two attached hydrogens (primary N) is 1. The van der Waals surface area contributed by atoms with E-state index >= 15 is 0 Å². The third-order valence-electron chi connectivity index (χ3n) is 4.18. The van der Waals surface area contributed by atoms with Gasteiger partial charge in [0, 0.05) is 19.1 Å². The number of aromatic nitrogens is 1. The Morgan fingerprint density at radius 1 is 1.43 bits per heavy atom. The Morgan fingerprint density at radius 3 is 2.76 bits per heavy atom. The van der Waals surface area contributed by atoms with Gasteiger partial charge in [-0.1, -0.05) is 22.8 Å². The van der Waals surface area contributed by atoms with Crippen LogP contribution in [0.1, 0.15) is 25.0 Å². The van der Waals surface area contributed by atoms with Crippen molar-refractivity contribution in [2.24, 2.45) is 0 Å². The molecule has 21 heavy (non-hydrogen) atoms. The molecule has 1 aliphatic carbocycles. The van der Waals surface area contributed by atoms with E-state index in [1.54, 1.807) is 19.2 Å². The highest BCUT2D eigenvalue weighted by Gasteiger charge is 2.39. The van der Waals surface area contributed by atoms with E-state index in [9.17, 15) is 4.39 Å². The van der Waals surface area contributed by atoms with Crippen molar-refractivity contribution in [3.05, 3.63) is 34.8 Å². The van der Waals surface area contributed by atoms with Crippen molar-refractivity contribution in [2.45, 2.75) is 31.3 Å². The third-order valence-corrected chi connectivity index (χ3v) is 4.50. The molecule has 1 aromatic carbocycles. The number of halogens is 2. The second-order valence-corrected chi connectivity index (χ2v) is 5.79. The summed E-state index contributed by atoms with van der Waals surface area (Å²) < 4.78 is 25.0. The molecule has 6 heteroatoms. The molecule has 1 saturated carbocycles. The van der Waals surface area contributed by atoms with Crippen LogP contribution in [0.5, 0.6) is 0 Å². The van der Waals surface area contributed by atoms with Gasteiger partial charge in [0.2, 0.25) is 0 Å². The second kappa shape index (κ2) is 5.31. The maximum absolute atomic E-state index is 14.1. The number of anilines is 1. The van der Waals surface area contributed by atoms with Gasteiger partial charge in [-0.3, -0.25) is 0 Å². The molecule has 0 amide bonds. The van der Waals surface area contributed by atoms with Crippen molar-refractivity contribution in [2.75, 3.05) is 12.8 Å². The molecule has 0 radical (unpaired) electrons. The number of rotatable bonds is 4. The molecule has 0 aliphatic heterocycles. The van der Waals surface area contributed by atoms with Gasteiger partial charge in [0.05, 0.1) is 16.2 Å². The zero-order valence-electron chi connectivity index (χ0n) is 11.7. The minimum absolute atomic E-state index is 0.141. The Balaban J connectivity index is 2.05. The van der Waals surface area contributed by atoms with Crippen LogP contribution < -0.4 is 5.73 Å². The highest BCUT2D eigenvalue weighted by atomic mass is 35.5. The first-order chi connectivity index (χ1) is 10.1.